The van der Waals surface area contributed by atoms with E-state index in [1.807, 2.05) is 30.3 Å². The number of carbonyl (C=O) groups is 1. The van der Waals surface area contributed by atoms with Crippen LogP contribution < -0.4 is 10.9 Å². The molecular weight excluding hydrogens is 425 g/mol. The molecule has 0 radical (unpaired) electrons. The second-order valence-corrected chi connectivity index (χ2v) is 7.65. The summed E-state index contributed by atoms with van der Waals surface area (Å²) < 4.78 is 1.48. The highest BCUT2D eigenvalue weighted by molar-refractivity contribution is 6.43. The standard InChI is InChI=1S/C22H17Cl2N3O3/c23-17-8-6-14(10-18(17)24)12-27-13-16(7-9-21(27)28)25-22(29)19-11-20(30-26-19)15-4-2-1-3-5-15/h1-10,13,20H,11-12H2,(H,25,29)/t20-/m1/s1. The quantitative estimate of drug-likeness (QED) is 0.625. The topological polar surface area (TPSA) is 72.7 Å². The van der Waals surface area contributed by atoms with Crippen LogP contribution in [0, 0.1) is 0 Å². The van der Waals surface area contributed by atoms with Crippen molar-refractivity contribution in [3.05, 3.63) is 98.4 Å². The number of pyridine rings is 1. The van der Waals surface area contributed by atoms with E-state index in [1.54, 1.807) is 30.5 Å². The van der Waals surface area contributed by atoms with Gasteiger partial charge in [-0.05, 0) is 29.3 Å². The van der Waals surface area contributed by atoms with Crippen LogP contribution in [0.2, 0.25) is 10.0 Å². The SMILES string of the molecule is O=C(Nc1ccc(=O)n(Cc2ccc(Cl)c(Cl)c2)c1)C1=NO[C@@H](c2ccccc2)C1. The highest BCUT2D eigenvalue weighted by Crippen LogP contribution is 2.27. The Bertz CT molecular complexity index is 1180. The minimum absolute atomic E-state index is 0.204. The lowest BCUT2D eigenvalue weighted by Crippen LogP contribution is -2.24. The molecule has 3 aromatic rings. The number of anilines is 1. The van der Waals surface area contributed by atoms with Crippen LogP contribution in [0.3, 0.4) is 0 Å². The van der Waals surface area contributed by atoms with E-state index in [2.05, 4.69) is 10.5 Å². The third-order valence-corrected chi connectivity index (χ3v) is 5.42. The molecule has 4 rings (SSSR count). The summed E-state index contributed by atoms with van der Waals surface area (Å²) in [5.41, 5.74) is 2.34. The van der Waals surface area contributed by atoms with Crippen molar-refractivity contribution in [2.24, 2.45) is 5.16 Å². The van der Waals surface area contributed by atoms with Gasteiger partial charge in [-0.2, -0.15) is 0 Å². The van der Waals surface area contributed by atoms with E-state index in [-0.39, 0.29) is 17.6 Å². The molecule has 6 nitrogen and oxygen atoms in total. The summed E-state index contributed by atoms with van der Waals surface area (Å²) in [6.45, 7) is 0.291. The number of hydrogen-bond donors (Lipinski definition) is 1. The van der Waals surface area contributed by atoms with E-state index in [4.69, 9.17) is 28.0 Å². The molecule has 0 saturated heterocycles. The lowest BCUT2D eigenvalue weighted by molar-refractivity contribution is -0.110. The van der Waals surface area contributed by atoms with E-state index >= 15 is 0 Å². The lowest BCUT2D eigenvalue weighted by atomic mass is 10.0. The molecule has 1 aliphatic rings. The van der Waals surface area contributed by atoms with Gasteiger partial charge < -0.3 is 14.7 Å². The van der Waals surface area contributed by atoms with Crippen molar-refractivity contribution < 1.29 is 9.63 Å². The highest BCUT2D eigenvalue weighted by Gasteiger charge is 2.27. The van der Waals surface area contributed by atoms with Crippen LogP contribution in [0.1, 0.15) is 23.7 Å². The first-order chi connectivity index (χ1) is 14.5. The van der Waals surface area contributed by atoms with Gasteiger partial charge in [0.25, 0.3) is 11.5 Å². The molecule has 0 saturated carbocycles. The van der Waals surface area contributed by atoms with Crippen molar-refractivity contribution in [1.82, 2.24) is 4.57 Å². The molecule has 30 heavy (non-hydrogen) atoms. The lowest BCUT2D eigenvalue weighted by Gasteiger charge is -2.10. The van der Waals surface area contributed by atoms with Gasteiger partial charge in [0, 0.05) is 18.7 Å². The van der Waals surface area contributed by atoms with Gasteiger partial charge in [0.1, 0.15) is 5.71 Å². The maximum Gasteiger partial charge on any atom is 0.273 e. The van der Waals surface area contributed by atoms with E-state index in [1.165, 1.54) is 10.6 Å². The van der Waals surface area contributed by atoms with Gasteiger partial charge in [-0.1, -0.05) is 64.8 Å². The Morgan fingerprint density at radius 1 is 1.10 bits per heavy atom. The van der Waals surface area contributed by atoms with Gasteiger partial charge in [-0.25, -0.2) is 0 Å². The normalized spacial score (nSPS) is 15.4. The van der Waals surface area contributed by atoms with Crippen LogP contribution in [0.25, 0.3) is 0 Å². The molecule has 0 unspecified atom stereocenters. The molecule has 8 heteroatoms. The Morgan fingerprint density at radius 3 is 2.67 bits per heavy atom. The summed E-state index contributed by atoms with van der Waals surface area (Å²) in [6, 6.07) is 17.7. The fourth-order valence-corrected chi connectivity index (χ4v) is 3.45. The van der Waals surface area contributed by atoms with Crippen molar-refractivity contribution in [2.45, 2.75) is 19.1 Å². The van der Waals surface area contributed by atoms with Crippen molar-refractivity contribution in [1.29, 1.82) is 0 Å². The second-order valence-electron chi connectivity index (χ2n) is 6.83. The Hall–Kier alpha value is -3.09. The number of oxime groups is 1. The first-order valence-corrected chi connectivity index (χ1v) is 9.98. The molecule has 1 N–H and O–H groups in total. The average Bonchev–Trinajstić information content (AvgIpc) is 3.24. The van der Waals surface area contributed by atoms with Crippen molar-refractivity contribution in [3.8, 4) is 0 Å². The van der Waals surface area contributed by atoms with E-state index in [0.717, 1.165) is 11.1 Å². The van der Waals surface area contributed by atoms with Crippen LogP contribution in [-0.2, 0) is 16.2 Å². The average molecular weight is 442 g/mol. The molecule has 1 atom stereocenters. The van der Waals surface area contributed by atoms with Crippen molar-refractivity contribution >= 4 is 40.5 Å². The molecule has 0 aliphatic carbocycles. The van der Waals surface area contributed by atoms with Crippen molar-refractivity contribution in [3.63, 3.8) is 0 Å². The molecule has 152 valence electrons. The number of nitrogens with one attached hydrogen (secondary N) is 1. The third-order valence-electron chi connectivity index (χ3n) is 4.68. The Balaban J connectivity index is 1.45. The summed E-state index contributed by atoms with van der Waals surface area (Å²) in [5, 5.41) is 7.56. The summed E-state index contributed by atoms with van der Waals surface area (Å²) in [6.07, 6.45) is 1.67. The zero-order valence-electron chi connectivity index (χ0n) is 15.7. The maximum absolute atomic E-state index is 12.6. The fourth-order valence-electron chi connectivity index (χ4n) is 3.12. The number of hydrogen-bond acceptors (Lipinski definition) is 4. The molecule has 0 fully saturated rings. The molecule has 0 bridgehead atoms. The first kappa shape index (κ1) is 20.2. The van der Waals surface area contributed by atoms with Crippen LogP contribution in [-0.4, -0.2) is 16.2 Å². The van der Waals surface area contributed by atoms with E-state index in [0.29, 0.717) is 34.4 Å². The van der Waals surface area contributed by atoms with Gasteiger partial charge >= 0.3 is 0 Å². The third kappa shape index (κ3) is 4.56. The zero-order chi connectivity index (χ0) is 21.1. The minimum Gasteiger partial charge on any atom is -0.387 e. The number of halogens is 2. The van der Waals surface area contributed by atoms with Gasteiger partial charge in [-0.3, -0.25) is 9.59 Å². The number of aromatic nitrogens is 1. The second kappa shape index (κ2) is 8.73. The minimum atomic E-state index is -0.367. The molecule has 1 amide bonds. The fraction of sp³-hybridized carbons (Fsp3) is 0.136. The summed E-state index contributed by atoms with van der Waals surface area (Å²) in [5.74, 6) is -0.367. The van der Waals surface area contributed by atoms with Gasteiger partial charge in [0.05, 0.1) is 22.3 Å². The summed E-state index contributed by atoms with van der Waals surface area (Å²) in [4.78, 5) is 30.2. The zero-order valence-corrected chi connectivity index (χ0v) is 17.2. The van der Waals surface area contributed by atoms with Gasteiger partial charge in [-0.15, -0.1) is 0 Å². The largest absolute Gasteiger partial charge is 0.387 e. The molecule has 1 aliphatic heterocycles. The van der Waals surface area contributed by atoms with E-state index < -0.39 is 0 Å². The Labute approximate surface area is 182 Å². The van der Waals surface area contributed by atoms with Gasteiger partial charge in [0.2, 0.25) is 0 Å². The molecule has 2 heterocycles. The summed E-state index contributed by atoms with van der Waals surface area (Å²) in [7, 11) is 0. The number of amides is 1. The first-order valence-electron chi connectivity index (χ1n) is 9.23. The van der Waals surface area contributed by atoms with Crippen LogP contribution >= 0.6 is 23.2 Å². The monoisotopic (exact) mass is 441 g/mol. The van der Waals surface area contributed by atoms with Gasteiger partial charge in [0.15, 0.2) is 6.10 Å². The molecule has 0 spiro atoms. The van der Waals surface area contributed by atoms with Crippen LogP contribution in [0.15, 0.2) is 76.8 Å². The molecular formula is C22H17Cl2N3O3. The molecule has 1 aromatic heterocycles. The summed E-state index contributed by atoms with van der Waals surface area (Å²) >= 11 is 12.0. The number of nitrogens with zero attached hydrogens (tertiary/aromatic N) is 2. The van der Waals surface area contributed by atoms with E-state index in [9.17, 15) is 9.59 Å². The number of rotatable bonds is 5. The highest BCUT2D eigenvalue weighted by atomic mass is 35.5. The predicted molar refractivity (Wildman–Crippen MR) is 117 cm³/mol. The smallest absolute Gasteiger partial charge is 0.273 e. The number of carbonyl (C=O) groups excluding carboxylic acids is 1. The van der Waals surface area contributed by atoms with Crippen LogP contribution in [0.4, 0.5) is 5.69 Å². The number of benzene rings is 2. The Morgan fingerprint density at radius 2 is 1.90 bits per heavy atom. The Kier molecular flexibility index (Phi) is 5.88. The molecule has 2 aromatic carbocycles. The van der Waals surface area contributed by atoms with Crippen LogP contribution in [0.5, 0.6) is 0 Å². The predicted octanol–water partition coefficient (Wildman–Crippen LogP) is 4.66. The maximum atomic E-state index is 12.6. The van der Waals surface area contributed by atoms with Crippen molar-refractivity contribution in [2.75, 3.05) is 5.32 Å².